The summed E-state index contributed by atoms with van der Waals surface area (Å²) in [6, 6.07) is 0. The van der Waals surface area contributed by atoms with Gasteiger partial charge in [-0.3, -0.25) is 14.6 Å². The van der Waals surface area contributed by atoms with Gasteiger partial charge in [-0.1, -0.05) is 26.7 Å². The van der Waals surface area contributed by atoms with Crippen LogP contribution in [0.5, 0.6) is 0 Å². The molecule has 0 aromatic heterocycles. The summed E-state index contributed by atoms with van der Waals surface area (Å²) in [6.07, 6.45) is 2.84. The second-order valence-electron chi connectivity index (χ2n) is 5.19. The molecule has 25 heavy (non-hydrogen) atoms. The molecule has 8 N–H and O–H groups in total. The minimum Gasteiger partial charge on any atom is -0.370 e. The van der Waals surface area contributed by atoms with Crippen LogP contribution in [0.3, 0.4) is 0 Å². The Hall–Kier alpha value is -1.87. The lowest BCUT2D eigenvalue weighted by Crippen LogP contribution is -2.47. The van der Waals surface area contributed by atoms with Gasteiger partial charge in [-0.25, -0.2) is 0 Å². The number of amides is 2. The van der Waals surface area contributed by atoms with E-state index in [1.807, 2.05) is 20.9 Å². The first-order valence-electron chi connectivity index (χ1n) is 8.92. The molecule has 0 saturated carbocycles. The molecule has 0 aliphatic rings. The fraction of sp³-hybridized carbons (Fsp3) is 0.812. The van der Waals surface area contributed by atoms with Gasteiger partial charge in [0.2, 0.25) is 12.1 Å². The first-order valence-corrected chi connectivity index (χ1v) is 8.92. The summed E-state index contributed by atoms with van der Waals surface area (Å²) in [5, 5.41) is 17.3. The number of hydrogen-bond donors (Lipinski definition) is 6. The topological polar surface area (TPSA) is 155 Å². The van der Waals surface area contributed by atoms with Crippen LogP contribution in [-0.2, 0) is 9.59 Å². The van der Waals surface area contributed by atoms with Crippen molar-refractivity contribution in [2.75, 3.05) is 26.7 Å². The van der Waals surface area contributed by atoms with E-state index < -0.39 is 12.1 Å². The van der Waals surface area contributed by atoms with Crippen LogP contribution in [0.2, 0.25) is 0 Å². The van der Waals surface area contributed by atoms with Crippen LogP contribution in [0, 0.1) is 0 Å². The van der Waals surface area contributed by atoms with Crippen molar-refractivity contribution in [1.29, 1.82) is 0 Å². The number of nitrogens with one attached hydrogen (secondary N) is 3. The molecule has 148 valence electrons. The molecule has 0 aromatic rings. The molecule has 1 unspecified atom stereocenters. The van der Waals surface area contributed by atoms with Crippen molar-refractivity contribution in [3.8, 4) is 0 Å². The van der Waals surface area contributed by atoms with Crippen molar-refractivity contribution in [3.05, 3.63) is 0 Å². The molecule has 0 radical (unpaired) electrons. The van der Waals surface area contributed by atoms with Crippen LogP contribution in [0.15, 0.2) is 4.99 Å². The minimum atomic E-state index is -1.50. The first kappa shape index (κ1) is 25.4. The Kier molecular flexibility index (Phi) is 18.7. The summed E-state index contributed by atoms with van der Waals surface area (Å²) in [6.45, 7) is 5.80. The van der Waals surface area contributed by atoms with E-state index in [0.29, 0.717) is 19.5 Å². The molecule has 0 aliphatic carbocycles. The highest BCUT2D eigenvalue weighted by molar-refractivity contribution is 5.86. The van der Waals surface area contributed by atoms with Gasteiger partial charge in [0, 0.05) is 19.5 Å². The fourth-order valence-corrected chi connectivity index (χ4v) is 1.82. The van der Waals surface area contributed by atoms with Gasteiger partial charge in [-0.15, -0.1) is 0 Å². The molecular weight excluding hydrogens is 324 g/mol. The Labute approximate surface area is 151 Å². The van der Waals surface area contributed by atoms with E-state index in [1.54, 1.807) is 0 Å². The van der Waals surface area contributed by atoms with E-state index in [2.05, 4.69) is 20.9 Å². The van der Waals surface area contributed by atoms with E-state index in [0.717, 1.165) is 32.2 Å². The highest BCUT2D eigenvalue weighted by Gasteiger charge is 2.16. The van der Waals surface area contributed by atoms with Crippen molar-refractivity contribution in [1.82, 2.24) is 16.0 Å². The number of carbonyl (C=O) groups excluding carboxylic acids is 2. The number of aliphatic hydroxyl groups is 1. The smallest absolute Gasteiger partial charge is 0.269 e. The molecule has 1 atom stereocenters. The number of nitrogens with two attached hydrogens (primary N) is 2. The Bertz CT molecular complexity index is 373. The van der Waals surface area contributed by atoms with Crippen LogP contribution in [0.4, 0.5) is 0 Å². The van der Waals surface area contributed by atoms with Gasteiger partial charge in [0.25, 0.3) is 5.91 Å². The Balaban J connectivity index is 0. The quantitative estimate of drug-likeness (QED) is 0.111. The lowest BCUT2D eigenvalue weighted by Gasteiger charge is -2.13. The van der Waals surface area contributed by atoms with Gasteiger partial charge in [0.15, 0.2) is 5.96 Å². The zero-order chi connectivity index (χ0) is 19.5. The summed E-state index contributed by atoms with van der Waals surface area (Å²) in [5.74, 6) is -0.846. The molecule has 0 fully saturated rings. The maximum absolute atomic E-state index is 11.6. The van der Waals surface area contributed by atoms with Crippen LogP contribution >= 0.6 is 0 Å². The van der Waals surface area contributed by atoms with Gasteiger partial charge in [-0.05, 0) is 32.9 Å². The largest absolute Gasteiger partial charge is 0.370 e. The van der Waals surface area contributed by atoms with Gasteiger partial charge in [0.1, 0.15) is 0 Å². The zero-order valence-electron chi connectivity index (χ0n) is 15.8. The van der Waals surface area contributed by atoms with Gasteiger partial charge < -0.3 is 32.5 Å². The molecule has 9 heteroatoms. The maximum Gasteiger partial charge on any atom is 0.269 e. The number of rotatable bonds is 13. The Morgan fingerprint density at radius 3 is 2.28 bits per heavy atom. The van der Waals surface area contributed by atoms with Crippen molar-refractivity contribution >= 4 is 17.8 Å². The molecule has 0 aliphatic heterocycles. The number of guanidine groups is 1. The average Bonchev–Trinajstić information content (AvgIpc) is 2.59. The van der Waals surface area contributed by atoms with E-state index >= 15 is 0 Å². The van der Waals surface area contributed by atoms with E-state index in [1.165, 1.54) is 0 Å². The van der Waals surface area contributed by atoms with Crippen molar-refractivity contribution in [2.24, 2.45) is 16.5 Å². The monoisotopic (exact) mass is 360 g/mol. The third-order valence-corrected chi connectivity index (χ3v) is 3.06. The van der Waals surface area contributed by atoms with Crippen LogP contribution in [0.1, 0.15) is 52.4 Å². The van der Waals surface area contributed by atoms with Crippen LogP contribution < -0.4 is 27.4 Å². The number of unbranched alkanes of at least 4 members (excludes halogenated alkanes) is 3. The minimum absolute atomic E-state index is 0.0857. The van der Waals surface area contributed by atoms with E-state index in [4.69, 9.17) is 11.5 Å². The molecule has 0 saturated heterocycles. The zero-order valence-corrected chi connectivity index (χ0v) is 15.8. The second kappa shape index (κ2) is 18.5. The first-order chi connectivity index (χ1) is 12.0. The number of carbonyl (C=O) groups is 2. The number of aliphatic imine (C=N–C) groups is 1. The summed E-state index contributed by atoms with van der Waals surface area (Å²) in [5.41, 5.74) is 10.4. The highest BCUT2D eigenvalue weighted by Crippen LogP contribution is 2.03. The lowest BCUT2D eigenvalue weighted by molar-refractivity contribution is -0.136. The molecule has 0 bridgehead atoms. The summed E-state index contributed by atoms with van der Waals surface area (Å²) < 4.78 is 0. The summed E-state index contributed by atoms with van der Waals surface area (Å²) >= 11 is 0. The fourth-order valence-electron chi connectivity index (χ4n) is 1.82. The summed E-state index contributed by atoms with van der Waals surface area (Å²) in [4.78, 5) is 27.0. The second-order valence-corrected chi connectivity index (χ2v) is 5.19. The summed E-state index contributed by atoms with van der Waals surface area (Å²) in [7, 11) is 1.82. The van der Waals surface area contributed by atoms with Crippen molar-refractivity contribution in [2.45, 2.75) is 58.6 Å². The van der Waals surface area contributed by atoms with Gasteiger partial charge in [-0.2, -0.15) is 0 Å². The van der Waals surface area contributed by atoms with Crippen molar-refractivity contribution < 1.29 is 14.7 Å². The number of hydrogen-bond acceptors (Lipinski definition) is 5. The van der Waals surface area contributed by atoms with Gasteiger partial charge in [0.05, 0.1) is 0 Å². The number of aliphatic hydroxyl groups excluding tert-OH is 1. The number of nitrogens with zero attached hydrogens (tertiary/aromatic N) is 1. The maximum atomic E-state index is 11.6. The van der Waals surface area contributed by atoms with Crippen LogP contribution in [0.25, 0.3) is 0 Å². The highest BCUT2D eigenvalue weighted by atomic mass is 16.3. The Morgan fingerprint density at radius 1 is 1.04 bits per heavy atom. The Morgan fingerprint density at radius 2 is 1.68 bits per heavy atom. The lowest BCUT2D eigenvalue weighted by atomic mass is 10.1. The molecule has 0 rings (SSSR count). The molecule has 9 nitrogen and oxygen atoms in total. The molecule has 0 aromatic carbocycles. The SMILES string of the molecule is CC.CNCCCNC(=O)C(O)NC(=O)CCCCCCN=C(N)N. The normalized spacial score (nSPS) is 10.9. The average molecular weight is 361 g/mol. The molecular formula is C16H36N6O3. The molecule has 0 spiro atoms. The third kappa shape index (κ3) is 18.3. The molecule has 2 amide bonds. The standard InChI is InChI=1S/C14H30N6O3.C2H6/c1-17-8-6-10-18-12(22)13(23)20-11(21)7-4-2-3-5-9-19-14(15)16;1-2/h13,17,23H,2-10H2,1H3,(H,18,22)(H,20,21)(H4,15,16,19);1-2H3. The van der Waals surface area contributed by atoms with Gasteiger partial charge >= 0.3 is 0 Å². The van der Waals surface area contributed by atoms with E-state index in [-0.39, 0.29) is 18.3 Å². The van der Waals surface area contributed by atoms with E-state index in [9.17, 15) is 14.7 Å². The van der Waals surface area contributed by atoms with Crippen LogP contribution in [-0.4, -0.2) is 55.8 Å². The predicted molar refractivity (Wildman–Crippen MR) is 101 cm³/mol. The van der Waals surface area contributed by atoms with Crippen molar-refractivity contribution in [3.63, 3.8) is 0 Å². The predicted octanol–water partition coefficient (Wildman–Crippen LogP) is -0.603. The molecule has 0 heterocycles. The third-order valence-electron chi connectivity index (χ3n) is 3.06.